The van der Waals surface area contributed by atoms with Crippen LogP contribution in [0.1, 0.15) is 148 Å². The summed E-state index contributed by atoms with van der Waals surface area (Å²) in [5.74, 6) is -1.23. The molecule has 4 aromatic rings. The summed E-state index contributed by atoms with van der Waals surface area (Å²) in [5.41, 5.74) is 10.1. The number of rotatable bonds is 51. The minimum atomic E-state index is -1.20. The van der Waals surface area contributed by atoms with Crippen LogP contribution in [0.2, 0.25) is 0 Å². The molecule has 6 rings (SSSR count). The topological polar surface area (TPSA) is 413 Å². The highest BCUT2D eigenvalue weighted by Crippen LogP contribution is 2.32. The van der Waals surface area contributed by atoms with Gasteiger partial charge in [-0.25, -0.2) is 14.4 Å². The monoisotopic (exact) mass is 1670 g/mol. The van der Waals surface area contributed by atoms with E-state index < -0.39 is 132 Å². The first kappa shape index (κ1) is 98.3. The van der Waals surface area contributed by atoms with Crippen LogP contribution in [0.5, 0.6) is 0 Å². The van der Waals surface area contributed by atoms with E-state index >= 15 is 0 Å². The summed E-state index contributed by atoms with van der Waals surface area (Å²) < 4.78 is 40.1. The molecule has 2 aliphatic heterocycles. The summed E-state index contributed by atoms with van der Waals surface area (Å²) in [7, 11) is 5.96. The normalized spacial score (nSPS) is 15.5. The van der Waals surface area contributed by atoms with Crippen molar-refractivity contribution in [1.29, 1.82) is 0 Å². The van der Waals surface area contributed by atoms with E-state index in [0.29, 0.717) is 55.9 Å². The third kappa shape index (κ3) is 31.2. The molecule has 2 heterocycles. The molecule has 1 fully saturated rings. The van der Waals surface area contributed by atoms with E-state index in [-0.39, 0.29) is 135 Å². The molecule has 0 aromatic heterocycles. The van der Waals surface area contributed by atoms with E-state index in [1.807, 2.05) is 68.4 Å². The minimum absolute atomic E-state index is 0.0200. The summed E-state index contributed by atoms with van der Waals surface area (Å²) in [5, 5.41) is 29.2. The van der Waals surface area contributed by atoms with Gasteiger partial charge in [-0.1, -0.05) is 153 Å². The number of nitrogens with zero attached hydrogens (tertiary/aromatic N) is 4. The number of methoxy groups -OCH3 is 2. The first-order chi connectivity index (χ1) is 57.4. The maximum atomic E-state index is 14.9. The molecule has 11 atom stereocenters. The molecule has 2 aliphatic rings. The summed E-state index contributed by atoms with van der Waals surface area (Å²) in [4.78, 5) is 168. The number of carbonyl (C=O) groups is 12. The number of hydrogen-bond acceptors (Lipinski definition) is 19. The number of benzene rings is 4. The molecule has 0 saturated carbocycles. The largest absolute Gasteiger partial charge is 0.480 e. The molecule has 1 saturated heterocycles. The lowest BCUT2D eigenvalue weighted by Crippen LogP contribution is -2.60. The Labute approximate surface area is 705 Å². The molecule has 120 heavy (non-hydrogen) atoms. The Morgan fingerprint density at radius 1 is 0.583 bits per heavy atom. The highest BCUT2D eigenvalue weighted by atomic mass is 16.6. The van der Waals surface area contributed by atoms with E-state index in [1.54, 1.807) is 114 Å². The van der Waals surface area contributed by atoms with Gasteiger partial charge in [-0.15, -0.1) is 0 Å². The fourth-order valence-electron chi connectivity index (χ4n) is 14.5. The van der Waals surface area contributed by atoms with Gasteiger partial charge in [0.15, 0.2) is 0 Å². The zero-order valence-corrected chi connectivity index (χ0v) is 71.7. The number of carboxylic acid groups (broad SMARTS) is 1. The van der Waals surface area contributed by atoms with E-state index in [1.165, 1.54) is 26.2 Å². The molecule has 0 aliphatic carbocycles. The number of carbonyl (C=O) groups excluding carboxylic acids is 11. The Morgan fingerprint density at radius 3 is 1.81 bits per heavy atom. The van der Waals surface area contributed by atoms with Crippen molar-refractivity contribution >= 4 is 82.6 Å². The maximum absolute atomic E-state index is 14.9. The van der Waals surface area contributed by atoms with Crippen LogP contribution < -0.4 is 47.9 Å². The fourth-order valence-corrected chi connectivity index (χ4v) is 14.5. The van der Waals surface area contributed by atoms with E-state index in [2.05, 4.69) is 49.1 Å². The number of primary amides is 1. The molecular weight excluding hydrogens is 1550 g/mol. The third-order valence-corrected chi connectivity index (χ3v) is 21.3. The van der Waals surface area contributed by atoms with Crippen molar-refractivity contribution in [2.75, 3.05) is 111 Å². The Balaban J connectivity index is 0.905. The summed E-state index contributed by atoms with van der Waals surface area (Å²) in [6.45, 7) is 18.8. The van der Waals surface area contributed by atoms with Gasteiger partial charge in [0.1, 0.15) is 36.8 Å². The molecule has 32 heteroatoms. The Morgan fingerprint density at radius 2 is 1.19 bits per heavy atom. The minimum Gasteiger partial charge on any atom is -0.480 e. The average molecular weight is 1670 g/mol. The first-order valence-corrected chi connectivity index (χ1v) is 41.4. The second-order valence-corrected chi connectivity index (χ2v) is 31.2. The molecule has 0 bridgehead atoms. The van der Waals surface area contributed by atoms with Gasteiger partial charge in [0, 0.05) is 90.4 Å². The van der Waals surface area contributed by atoms with Crippen molar-refractivity contribution < 1.29 is 95.8 Å². The number of para-hydroxylation sites is 1. The molecular formula is C88H126N12O20. The lowest BCUT2D eigenvalue weighted by atomic mass is 9.89. The van der Waals surface area contributed by atoms with Crippen molar-refractivity contribution in [1.82, 2.24) is 46.6 Å². The molecule has 12 amide bonds. The molecule has 32 nitrogen and oxygen atoms in total. The van der Waals surface area contributed by atoms with Gasteiger partial charge in [0.05, 0.1) is 102 Å². The SMILES string of the molecule is CC[C@H](C)[C@@H]([C@@H](CC(=O)N1CCC[C@H]1[C@H](OC)[C@@H](C)C(=O)N[C@@H](Cc1ccccc1)C(=O)O)OC)N(C)C(=O)[C@@H](NC(=O)[C@H](C(C)C)N(C)C(=O)OCc1ccc(NC(=O)[C@H](CCCNC(N)=O)NC(=O)[C@@H](NC(=O)CCOCCOCCOCCOCCNC(=O)CCC(=O)N2Cc3ccccc3C#Cc3ccccc32)C(C)C)cc1)C(C)C. The number of nitrogens with one attached hydrogen (secondary N) is 7. The number of likely N-dealkylation sites (tertiary alicyclic amines) is 1. The quantitative estimate of drug-likeness (QED) is 0.0169. The second-order valence-electron chi connectivity index (χ2n) is 31.2. The van der Waals surface area contributed by atoms with Crippen molar-refractivity contribution in [3.8, 4) is 11.8 Å². The van der Waals surface area contributed by atoms with Gasteiger partial charge >= 0.3 is 18.1 Å². The van der Waals surface area contributed by atoms with Crippen LogP contribution in [0.25, 0.3) is 0 Å². The van der Waals surface area contributed by atoms with Gasteiger partial charge in [-0.2, -0.15) is 0 Å². The van der Waals surface area contributed by atoms with Crippen LogP contribution in [-0.4, -0.2) is 246 Å². The van der Waals surface area contributed by atoms with Gasteiger partial charge in [-0.05, 0) is 96.4 Å². The highest BCUT2D eigenvalue weighted by Gasteiger charge is 2.44. The van der Waals surface area contributed by atoms with Crippen molar-refractivity contribution in [2.45, 2.75) is 194 Å². The van der Waals surface area contributed by atoms with Crippen LogP contribution in [0.3, 0.4) is 0 Å². The molecule has 0 spiro atoms. The first-order valence-electron chi connectivity index (χ1n) is 41.4. The number of likely N-dealkylation sites (N-methyl/N-ethyl adjacent to an activating group) is 2. The van der Waals surface area contributed by atoms with Crippen molar-refractivity contribution in [3.63, 3.8) is 0 Å². The van der Waals surface area contributed by atoms with Crippen LogP contribution >= 0.6 is 0 Å². The molecule has 0 radical (unpaired) electrons. The smallest absolute Gasteiger partial charge is 0.410 e. The number of urea groups is 1. The Hall–Kier alpha value is -10.6. The molecule has 658 valence electrons. The number of aliphatic carboxylic acids is 1. The van der Waals surface area contributed by atoms with Crippen LogP contribution in [0, 0.1) is 41.4 Å². The predicted molar refractivity (Wildman–Crippen MR) is 450 cm³/mol. The summed E-state index contributed by atoms with van der Waals surface area (Å²) >= 11 is 0. The number of ether oxygens (including phenoxy) is 7. The second kappa shape index (κ2) is 51.1. The molecule has 4 aromatic carbocycles. The van der Waals surface area contributed by atoms with Gasteiger partial charge < -0.3 is 95.9 Å². The zero-order valence-electron chi connectivity index (χ0n) is 71.7. The number of carboxylic acids is 1. The lowest BCUT2D eigenvalue weighted by molar-refractivity contribution is -0.148. The van der Waals surface area contributed by atoms with Gasteiger partial charge in [0.2, 0.25) is 53.2 Å². The molecule has 10 N–H and O–H groups in total. The van der Waals surface area contributed by atoms with Crippen LogP contribution in [0.4, 0.5) is 21.0 Å². The Kier molecular flexibility index (Phi) is 41.9. The summed E-state index contributed by atoms with van der Waals surface area (Å²) in [6, 6.07) is 22.9. The zero-order chi connectivity index (χ0) is 88.0. The molecule has 0 unspecified atom stereocenters. The standard InChI is InChI=1S/C88H126N12O20/c1-14-59(8)79(71(114-12)53-75(104)99-43-23-31-70(99)80(115-13)60(9)81(105)94-68(86(110)111)52-61-24-16-15-17-25-61)97(10)85(109)77(57(4)5)96-84(108)78(58(6)7)98(11)88(113)120-55-62-32-36-66(37-33-62)92-82(106)67(29-22-41-91-87(89)112)93-83(107)76(56(2)3)95-73(102)40-44-116-46-48-118-50-51-119-49-47-117-45-42-90-72(101)38-39-74(103)100-54-65-28-19-18-26-63(65)34-35-64-27-20-21-30-69(64)100/h15-21,24-28,30,32-33,36-37,56-60,67-68,70-71,76-80H,14,22-23,29,31,38-55H2,1-13H3,(H,90,101)(H,92,106)(H,93,107)(H,94,105)(H,95,102)(H,96,108)(H,110,111)(H3,89,91,112)/t59-,60+,67-,68-,70-,71+,76-,77-,78-,79-,80+/m0/s1. The van der Waals surface area contributed by atoms with E-state index in [0.717, 1.165) is 27.2 Å². The van der Waals surface area contributed by atoms with Crippen LogP contribution in [-0.2, 0) is 101 Å². The number of fused-ring (bicyclic) bond motifs is 2. The van der Waals surface area contributed by atoms with Gasteiger partial charge in [-0.3, -0.25) is 48.1 Å². The highest BCUT2D eigenvalue weighted by molar-refractivity contribution is 5.99. The van der Waals surface area contributed by atoms with Crippen molar-refractivity contribution in [3.05, 3.63) is 131 Å². The average Bonchev–Trinajstić information content (AvgIpc) is 1.28. The number of amides is 12. The number of hydrogen-bond donors (Lipinski definition) is 9. The van der Waals surface area contributed by atoms with E-state index in [9.17, 15) is 62.6 Å². The number of anilines is 2. The maximum Gasteiger partial charge on any atom is 0.410 e. The Bertz CT molecular complexity index is 4060. The summed E-state index contributed by atoms with van der Waals surface area (Å²) in [6.07, 6.45) is -0.527. The van der Waals surface area contributed by atoms with Crippen molar-refractivity contribution in [2.24, 2.45) is 35.3 Å². The fraction of sp³-hybridized carbons (Fsp3) is 0.568. The lowest BCUT2D eigenvalue weighted by Gasteiger charge is -2.41. The number of nitrogens with two attached hydrogens (primary N) is 1. The van der Waals surface area contributed by atoms with Gasteiger partial charge in [0.25, 0.3) is 0 Å². The predicted octanol–water partition coefficient (Wildman–Crippen LogP) is 6.46. The third-order valence-electron chi connectivity index (χ3n) is 21.3. The van der Waals surface area contributed by atoms with Crippen LogP contribution in [0.15, 0.2) is 103 Å². The van der Waals surface area contributed by atoms with E-state index in [4.69, 9.17) is 38.9 Å².